The quantitative estimate of drug-likeness (QED) is 0.223. The molecule has 8 nitrogen and oxygen atoms in total. The molecule has 1 atom stereocenters. The SMILES string of the molecule is Cc1nc(C(F)F)cn1-c1ccc(-c2cc(F)c(CO)c(S(C)(=O)=O)c2)cc1-n1nncc1C(C)c1ccc(Cl)cc1. The molecule has 5 aromatic rings. The van der Waals surface area contributed by atoms with Crippen LogP contribution in [0.3, 0.4) is 0 Å². The first-order valence-corrected chi connectivity index (χ1v) is 14.9. The van der Waals surface area contributed by atoms with Gasteiger partial charge in [0.15, 0.2) is 9.84 Å². The number of nitrogens with zero attached hydrogens (tertiary/aromatic N) is 5. The van der Waals surface area contributed by atoms with Crippen molar-refractivity contribution in [2.75, 3.05) is 6.26 Å². The van der Waals surface area contributed by atoms with Crippen LogP contribution < -0.4 is 0 Å². The van der Waals surface area contributed by atoms with E-state index in [2.05, 4.69) is 15.3 Å². The van der Waals surface area contributed by atoms with Crippen molar-refractivity contribution in [3.05, 3.63) is 106 Å². The number of halogens is 4. The lowest BCUT2D eigenvalue weighted by molar-refractivity contribution is 0.146. The normalized spacial score (nSPS) is 12.7. The highest BCUT2D eigenvalue weighted by Crippen LogP contribution is 2.34. The Morgan fingerprint density at radius 2 is 1.74 bits per heavy atom. The van der Waals surface area contributed by atoms with E-state index in [4.69, 9.17) is 11.6 Å². The van der Waals surface area contributed by atoms with Gasteiger partial charge in [0, 0.05) is 29.0 Å². The van der Waals surface area contributed by atoms with E-state index >= 15 is 4.39 Å². The van der Waals surface area contributed by atoms with Crippen molar-refractivity contribution in [1.29, 1.82) is 0 Å². The standard InChI is InChI=1S/C29H25ClF3N5O3S/c1-16(18-4-7-21(30)8-5-18)27-13-34-36-38(27)26-11-19(6-9-25(26)37-14-24(29(32)33)35-17(37)2)20-10-23(31)22(15-39)28(12-20)42(3,40)41/h4-14,16,29,39H,15H2,1-3H3. The van der Waals surface area contributed by atoms with E-state index in [-0.39, 0.29) is 21.9 Å². The molecule has 3 aromatic carbocycles. The van der Waals surface area contributed by atoms with E-state index < -0.39 is 34.4 Å². The Labute approximate surface area is 245 Å². The van der Waals surface area contributed by atoms with Gasteiger partial charge in [-0.1, -0.05) is 41.9 Å². The van der Waals surface area contributed by atoms with Gasteiger partial charge in [-0.25, -0.2) is 31.3 Å². The third kappa shape index (κ3) is 5.57. The van der Waals surface area contributed by atoms with E-state index in [1.54, 1.807) is 48.1 Å². The molecule has 0 aliphatic rings. The molecule has 0 spiro atoms. The minimum atomic E-state index is -3.89. The van der Waals surface area contributed by atoms with Crippen molar-refractivity contribution in [2.45, 2.75) is 37.7 Å². The Morgan fingerprint density at radius 1 is 1.02 bits per heavy atom. The maximum Gasteiger partial charge on any atom is 0.281 e. The molecule has 1 unspecified atom stereocenters. The minimum absolute atomic E-state index is 0.223. The second-order valence-electron chi connectivity index (χ2n) is 9.80. The summed E-state index contributed by atoms with van der Waals surface area (Å²) in [4.78, 5) is 3.65. The van der Waals surface area contributed by atoms with Crippen LogP contribution in [0.2, 0.25) is 5.02 Å². The molecule has 0 aliphatic heterocycles. The number of rotatable bonds is 8. The van der Waals surface area contributed by atoms with Crippen molar-refractivity contribution in [2.24, 2.45) is 0 Å². The summed E-state index contributed by atoms with van der Waals surface area (Å²) in [7, 11) is -3.89. The van der Waals surface area contributed by atoms with Gasteiger partial charge < -0.3 is 9.67 Å². The zero-order valence-electron chi connectivity index (χ0n) is 22.6. The first kappa shape index (κ1) is 29.5. The molecular formula is C29H25ClF3N5O3S. The molecule has 0 saturated heterocycles. The average Bonchev–Trinajstić information content (AvgIpc) is 3.59. The number of sulfone groups is 1. The molecule has 0 radical (unpaired) electrons. The fourth-order valence-electron chi connectivity index (χ4n) is 4.83. The van der Waals surface area contributed by atoms with Crippen LogP contribution in [0, 0.1) is 12.7 Å². The van der Waals surface area contributed by atoms with Crippen LogP contribution in [0.4, 0.5) is 13.2 Å². The highest BCUT2D eigenvalue weighted by Gasteiger charge is 2.23. The zero-order chi connectivity index (χ0) is 30.3. The molecule has 5 rings (SSSR count). The number of aryl methyl sites for hydroxylation is 1. The highest BCUT2D eigenvalue weighted by molar-refractivity contribution is 7.90. The summed E-state index contributed by atoms with van der Waals surface area (Å²) in [6.07, 6.45) is 0.955. The monoisotopic (exact) mass is 615 g/mol. The van der Waals surface area contributed by atoms with E-state index in [1.165, 1.54) is 16.8 Å². The molecule has 1 N–H and O–H groups in total. The van der Waals surface area contributed by atoms with E-state index in [0.29, 0.717) is 33.5 Å². The summed E-state index contributed by atoms with van der Waals surface area (Å²) in [6.45, 7) is 2.74. The summed E-state index contributed by atoms with van der Waals surface area (Å²) in [5.74, 6) is -0.817. The van der Waals surface area contributed by atoms with Crippen molar-refractivity contribution >= 4 is 21.4 Å². The van der Waals surface area contributed by atoms with Gasteiger partial charge in [0.25, 0.3) is 6.43 Å². The average molecular weight is 616 g/mol. The number of alkyl halides is 2. The van der Waals surface area contributed by atoms with Gasteiger partial charge in [0.1, 0.15) is 17.3 Å². The smallest absolute Gasteiger partial charge is 0.281 e. The molecule has 218 valence electrons. The second-order valence-corrected chi connectivity index (χ2v) is 12.2. The molecule has 0 aliphatic carbocycles. The Balaban J connectivity index is 1.74. The number of hydrogen-bond donors (Lipinski definition) is 1. The van der Waals surface area contributed by atoms with E-state index in [1.807, 2.05) is 19.1 Å². The van der Waals surface area contributed by atoms with Gasteiger partial charge in [-0.15, -0.1) is 5.10 Å². The predicted octanol–water partition coefficient (Wildman–Crippen LogP) is 6.21. The summed E-state index contributed by atoms with van der Waals surface area (Å²) in [5, 5.41) is 18.6. The number of aliphatic hydroxyl groups is 1. The lowest BCUT2D eigenvalue weighted by Crippen LogP contribution is -2.11. The van der Waals surface area contributed by atoms with Crippen LogP contribution in [-0.4, -0.2) is 44.3 Å². The fourth-order valence-corrected chi connectivity index (χ4v) is 5.91. The predicted molar refractivity (Wildman–Crippen MR) is 152 cm³/mol. The summed E-state index contributed by atoms with van der Waals surface area (Å²) < 4.78 is 70.0. The van der Waals surface area contributed by atoms with Gasteiger partial charge in [-0.3, -0.25) is 0 Å². The molecular weight excluding hydrogens is 591 g/mol. The number of aromatic nitrogens is 5. The van der Waals surface area contributed by atoms with Crippen molar-refractivity contribution < 1.29 is 26.7 Å². The number of imidazole rings is 1. The summed E-state index contributed by atoms with van der Waals surface area (Å²) >= 11 is 6.07. The fraction of sp³-hybridized carbons (Fsp3) is 0.207. The lowest BCUT2D eigenvalue weighted by Gasteiger charge is -2.19. The zero-order valence-corrected chi connectivity index (χ0v) is 24.2. The molecule has 0 amide bonds. The number of benzene rings is 3. The first-order valence-electron chi connectivity index (χ1n) is 12.7. The van der Waals surface area contributed by atoms with Gasteiger partial charge in [-0.05, 0) is 60.0 Å². The molecule has 0 fully saturated rings. The van der Waals surface area contributed by atoms with Crippen molar-refractivity contribution in [1.82, 2.24) is 24.5 Å². The van der Waals surface area contributed by atoms with Crippen LogP contribution in [0.25, 0.3) is 22.5 Å². The highest BCUT2D eigenvalue weighted by atomic mass is 35.5. The van der Waals surface area contributed by atoms with Crippen LogP contribution >= 0.6 is 11.6 Å². The van der Waals surface area contributed by atoms with Gasteiger partial charge >= 0.3 is 0 Å². The van der Waals surface area contributed by atoms with Crippen molar-refractivity contribution in [3.63, 3.8) is 0 Å². The van der Waals surface area contributed by atoms with Crippen LogP contribution in [0.15, 0.2) is 71.9 Å². The maximum absolute atomic E-state index is 15.0. The molecule has 13 heteroatoms. The topological polar surface area (TPSA) is 103 Å². The Hall–Kier alpha value is -4.00. The Morgan fingerprint density at radius 3 is 2.36 bits per heavy atom. The van der Waals surface area contributed by atoms with E-state index in [9.17, 15) is 22.3 Å². The van der Waals surface area contributed by atoms with E-state index in [0.717, 1.165) is 17.9 Å². The maximum atomic E-state index is 15.0. The first-order chi connectivity index (χ1) is 19.9. The van der Waals surface area contributed by atoms with Crippen LogP contribution in [0.1, 0.15) is 47.6 Å². The minimum Gasteiger partial charge on any atom is -0.392 e. The van der Waals surface area contributed by atoms with Gasteiger partial charge in [-0.2, -0.15) is 0 Å². The van der Waals surface area contributed by atoms with Gasteiger partial charge in [0.2, 0.25) is 0 Å². The van der Waals surface area contributed by atoms with Crippen LogP contribution in [-0.2, 0) is 16.4 Å². The lowest BCUT2D eigenvalue weighted by atomic mass is 9.97. The largest absolute Gasteiger partial charge is 0.392 e. The molecule has 42 heavy (non-hydrogen) atoms. The number of hydrogen-bond acceptors (Lipinski definition) is 6. The number of aliphatic hydroxyl groups excluding tert-OH is 1. The van der Waals surface area contributed by atoms with Gasteiger partial charge in [0.05, 0.1) is 34.8 Å². The molecule has 2 heterocycles. The second kappa shape index (κ2) is 11.3. The molecule has 2 aromatic heterocycles. The van der Waals surface area contributed by atoms with Crippen LogP contribution in [0.5, 0.6) is 0 Å². The summed E-state index contributed by atoms with van der Waals surface area (Å²) in [6, 6.07) is 14.6. The summed E-state index contributed by atoms with van der Waals surface area (Å²) in [5.41, 5.74) is 2.30. The third-order valence-electron chi connectivity index (χ3n) is 7.02. The van der Waals surface area contributed by atoms with Crippen molar-refractivity contribution in [3.8, 4) is 22.5 Å². The third-order valence-corrected chi connectivity index (χ3v) is 8.44. The Bertz CT molecular complexity index is 1890. The molecule has 0 saturated carbocycles. The Kier molecular flexibility index (Phi) is 7.97. The molecule has 0 bridgehead atoms.